The predicted octanol–water partition coefficient (Wildman–Crippen LogP) is 0.503. The van der Waals surface area contributed by atoms with Gasteiger partial charge in [-0.1, -0.05) is 6.92 Å². The minimum atomic E-state index is -1.03. The van der Waals surface area contributed by atoms with Crippen LogP contribution in [0.25, 0.3) is 0 Å². The maximum atomic E-state index is 12.2. The third-order valence-corrected chi connectivity index (χ3v) is 3.63. The molecule has 0 radical (unpaired) electrons. The van der Waals surface area contributed by atoms with Gasteiger partial charge in [-0.3, -0.25) is 19.6 Å². The first-order valence-electron chi connectivity index (χ1n) is 6.59. The third-order valence-electron chi connectivity index (χ3n) is 3.63. The molecule has 0 bridgehead atoms. The summed E-state index contributed by atoms with van der Waals surface area (Å²) in [6.07, 6.45) is 3.71. The third kappa shape index (κ3) is 3.18. The Kier molecular flexibility index (Phi) is 4.20. The summed E-state index contributed by atoms with van der Waals surface area (Å²) < 4.78 is 1.15. The van der Waals surface area contributed by atoms with E-state index in [1.54, 1.807) is 6.92 Å². The fourth-order valence-corrected chi connectivity index (χ4v) is 2.61. The Labute approximate surface area is 120 Å². The van der Waals surface area contributed by atoms with E-state index in [0.717, 1.165) is 29.9 Å². The lowest BCUT2D eigenvalue weighted by atomic mass is 9.91. The van der Waals surface area contributed by atoms with Crippen LogP contribution in [0.1, 0.15) is 19.8 Å². The van der Waals surface area contributed by atoms with Crippen LogP contribution in [0.4, 0.5) is 5.69 Å². The van der Waals surface area contributed by atoms with Crippen molar-refractivity contribution in [1.82, 2.24) is 14.7 Å². The topological polar surface area (TPSA) is 119 Å². The summed E-state index contributed by atoms with van der Waals surface area (Å²) in [6, 6.07) is -0.850. The second-order valence-corrected chi connectivity index (χ2v) is 5.14. The lowest BCUT2D eigenvalue weighted by molar-refractivity contribution is -0.385. The van der Waals surface area contributed by atoms with E-state index >= 15 is 0 Å². The summed E-state index contributed by atoms with van der Waals surface area (Å²) in [5, 5.41) is 23.6. The van der Waals surface area contributed by atoms with Crippen LogP contribution in [0.2, 0.25) is 0 Å². The Morgan fingerprint density at radius 2 is 2.29 bits per heavy atom. The van der Waals surface area contributed by atoms with Crippen LogP contribution in [0.3, 0.4) is 0 Å². The molecule has 2 atom stereocenters. The normalized spacial score (nSPS) is 22.0. The Balaban J connectivity index is 2.10. The first-order valence-corrected chi connectivity index (χ1v) is 6.59. The van der Waals surface area contributed by atoms with Crippen molar-refractivity contribution < 1.29 is 19.6 Å². The number of carboxylic acid groups (broad SMARTS) is 1. The molecule has 0 spiro atoms. The highest BCUT2D eigenvalue weighted by Gasteiger charge is 2.37. The molecule has 2 heterocycles. The van der Waals surface area contributed by atoms with E-state index in [0.29, 0.717) is 6.54 Å². The molecule has 21 heavy (non-hydrogen) atoms. The van der Waals surface area contributed by atoms with E-state index in [9.17, 15) is 24.8 Å². The van der Waals surface area contributed by atoms with Gasteiger partial charge in [-0.15, -0.1) is 0 Å². The maximum absolute atomic E-state index is 12.2. The van der Waals surface area contributed by atoms with E-state index < -0.39 is 22.8 Å². The number of aromatic nitrogens is 2. The number of carbonyl (C=O) groups excluding carboxylic acids is 1. The molecule has 0 aromatic carbocycles. The molecule has 114 valence electrons. The first kappa shape index (κ1) is 14.9. The molecule has 1 N–H and O–H groups in total. The van der Waals surface area contributed by atoms with Gasteiger partial charge in [0.1, 0.15) is 25.0 Å². The van der Waals surface area contributed by atoms with Crippen LogP contribution < -0.4 is 0 Å². The highest BCUT2D eigenvalue weighted by atomic mass is 16.6. The minimum Gasteiger partial charge on any atom is -0.480 e. The van der Waals surface area contributed by atoms with Crippen molar-refractivity contribution in [1.29, 1.82) is 0 Å². The number of nitro groups is 1. The fourth-order valence-electron chi connectivity index (χ4n) is 2.61. The smallest absolute Gasteiger partial charge is 0.326 e. The van der Waals surface area contributed by atoms with Crippen molar-refractivity contribution >= 4 is 17.6 Å². The van der Waals surface area contributed by atoms with E-state index in [4.69, 9.17) is 0 Å². The van der Waals surface area contributed by atoms with Crippen molar-refractivity contribution in [2.75, 3.05) is 6.54 Å². The zero-order valence-corrected chi connectivity index (χ0v) is 11.5. The molecule has 1 aliphatic rings. The Hall–Kier alpha value is -2.45. The summed E-state index contributed by atoms with van der Waals surface area (Å²) in [5.74, 6) is -1.54. The number of piperidine rings is 1. The summed E-state index contributed by atoms with van der Waals surface area (Å²) >= 11 is 0. The van der Waals surface area contributed by atoms with Gasteiger partial charge in [0.05, 0.1) is 4.92 Å². The monoisotopic (exact) mass is 296 g/mol. The molecule has 1 aromatic rings. The van der Waals surface area contributed by atoms with Crippen molar-refractivity contribution in [3.63, 3.8) is 0 Å². The summed E-state index contributed by atoms with van der Waals surface area (Å²) in [4.78, 5) is 34.8. The van der Waals surface area contributed by atoms with Crippen molar-refractivity contribution in [3.8, 4) is 0 Å². The molecule has 2 rings (SSSR count). The number of rotatable bonds is 4. The van der Waals surface area contributed by atoms with E-state index in [2.05, 4.69) is 5.10 Å². The Bertz CT molecular complexity index is 570. The molecule has 1 fully saturated rings. The van der Waals surface area contributed by atoms with E-state index in [1.165, 1.54) is 4.90 Å². The standard InChI is InChI=1S/C12H16N4O5/c1-8-3-2-4-15(11(8)12(18)19)10(17)7-14-6-9(5-13-14)16(20)21/h5-6,8,11H,2-4,7H2,1H3,(H,18,19). The van der Waals surface area contributed by atoms with Gasteiger partial charge >= 0.3 is 11.7 Å². The van der Waals surface area contributed by atoms with Gasteiger partial charge in [0.25, 0.3) is 0 Å². The predicted molar refractivity (Wildman–Crippen MR) is 70.4 cm³/mol. The second kappa shape index (κ2) is 5.90. The van der Waals surface area contributed by atoms with Crippen molar-refractivity contribution in [3.05, 3.63) is 22.5 Å². The highest BCUT2D eigenvalue weighted by molar-refractivity contribution is 5.84. The highest BCUT2D eigenvalue weighted by Crippen LogP contribution is 2.24. The first-order chi connectivity index (χ1) is 9.90. The van der Waals surface area contributed by atoms with Crippen molar-refractivity contribution in [2.24, 2.45) is 5.92 Å². The van der Waals surface area contributed by atoms with Crippen molar-refractivity contribution in [2.45, 2.75) is 32.4 Å². The lowest BCUT2D eigenvalue weighted by Gasteiger charge is -2.37. The molecule has 1 aliphatic heterocycles. The van der Waals surface area contributed by atoms with E-state index in [-0.39, 0.29) is 18.2 Å². The molecule has 1 amide bonds. The molecule has 2 unspecified atom stereocenters. The summed E-state index contributed by atoms with van der Waals surface area (Å²) in [6.45, 7) is 1.98. The van der Waals surface area contributed by atoms with Gasteiger partial charge in [-0.25, -0.2) is 4.79 Å². The minimum absolute atomic E-state index is 0.118. The molecular weight excluding hydrogens is 280 g/mol. The van der Waals surface area contributed by atoms with Gasteiger partial charge in [0.2, 0.25) is 5.91 Å². The quantitative estimate of drug-likeness (QED) is 0.638. The van der Waals surface area contributed by atoms with Crippen LogP contribution in [-0.4, -0.2) is 49.2 Å². The summed E-state index contributed by atoms with van der Waals surface area (Å²) in [7, 11) is 0. The molecule has 9 nitrogen and oxygen atoms in total. The van der Waals surface area contributed by atoms with Crippen LogP contribution in [0.15, 0.2) is 12.4 Å². The number of carboxylic acids is 1. The number of aliphatic carboxylic acids is 1. The van der Waals surface area contributed by atoms with Gasteiger partial charge in [0.15, 0.2) is 0 Å². The number of nitrogens with zero attached hydrogens (tertiary/aromatic N) is 4. The summed E-state index contributed by atoms with van der Waals surface area (Å²) in [5.41, 5.74) is -0.204. The Morgan fingerprint density at radius 1 is 1.57 bits per heavy atom. The number of hydrogen-bond donors (Lipinski definition) is 1. The van der Waals surface area contributed by atoms with Crippen LogP contribution in [0, 0.1) is 16.0 Å². The number of hydrogen-bond acceptors (Lipinski definition) is 5. The average molecular weight is 296 g/mol. The van der Waals surface area contributed by atoms with Crippen LogP contribution in [-0.2, 0) is 16.1 Å². The number of carbonyl (C=O) groups is 2. The molecule has 0 saturated carbocycles. The molecule has 9 heteroatoms. The zero-order chi connectivity index (χ0) is 15.6. The Morgan fingerprint density at radius 3 is 2.86 bits per heavy atom. The van der Waals surface area contributed by atoms with E-state index in [1.807, 2.05) is 0 Å². The molecule has 1 aromatic heterocycles. The number of amides is 1. The van der Waals surface area contributed by atoms with Gasteiger partial charge in [0, 0.05) is 6.54 Å². The lowest BCUT2D eigenvalue weighted by Crippen LogP contribution is -2.52. The largest absolute Gasteiger partial charge is 0.480 e. The zero-order valence-electron chi connectivity index (χ0n) is 11.5. The average Bonchev–Trinajstić information content (AvgIpc) is 2.86. The molecular formula is C12H16N4O5. The van der Waals surface area contributed by atoms with Gasteiger partial charge < -0.3 is 10.0 Å². The van der Waals surface area contributed by atoms with Crippen LogP contribution in [0.5, 0.6) is 0 Å². The maximum Gasteiger partial charge on any atom is 0.326 e. The van der Waals surface area contributed by atoms with Gasteiger partial charge in [-0.05, 0) is 18.8 Å². The SMILES string of the molecule is CC1CCCN(C(=O)Cn2cc([N+](=O)[O-])cn2)C1C(=O)O. The fraction of sp³-hybridized carbons (Fsp3) is 0.583. The van der Waals surface area contributed by atoms with Gasteiger partial charge in [-0.2, -0.15) is 5.10 Å². The molecule has 0 aliphatic carbocycles. The number of likely N-dealkylation sites (tertiary alicyclic amines) is 1. The van der Waals surface area contributed by atoms with Crippen LogP contribution >= 0.6 is 0 Å². The molecule has 1 saturated heterocycles. The second-order valence-electron chi connectivity index (χ2n) is 5.14.